The van der Waals surface area contributed by atoms with Crippen LogP contribution in [0.15, 0.2) is 18.2 Å². The smallest absolute Gasteiger partial charge is 0.240 e. The summed E-state index contributed by atoms with van der Waals surface area (Å²) in [5.74, 6) is 1.58. The van der Waals surface area contributed by atoms with Crippen molar-refractivity contribution in [2.24, 2.45) is 5.92 Å². The number of aromatic amines is 1. The number of benzene rings is 1. The maximum atomic E-state index is 12.7. The standard InChI is InChI=1S/C19H26N4O2/c1-13-5-6-15-16(9-13)22-18(21-15)10-20-19(24)17-12-25-8-7-23(17)11-14-3-2-4-14/h5-6,9,14,17H,2-4,7-8,10-12H2,1H3,(H,20,24)(H,21,22)/t17-/m1/s1. The fourth-order valence-corrected chi connectivity index (χ4v) is 3.65. The van der Waals surface area contributed by atoms with Crippen LogP contribution in [0.2, 0.25) is 0 Å². The summed E-state index contributed by atoms with van der Waals surface area (Å²) in [6.45, 7) is 5.54. The van der Waals surface area contributed by atoms with Crippen LogP contribution in [-0.2, 0) is 16.1 Å². The number of carbonyl (C=O) groups is 1. The molecule has 2 N–H and O–H groups in total. The van der Waals surface area contributed by atoms with Gasteiger partial charge in [-0.15, -0.1) is 0 Å². The first-order chi connectivity index (χ1) is 12.2. The second-order valence-corrected chi connectivity index (χ2v) is 7.30. The summed E-state index contributed by atoms with van der Waals surface area (Å²) >= 11 is 0. The van der Waals surface area contributed by atoms with Gasteiger partial charge in [0.15, 0.2) is 0 Å². The lowest BCUT2D eigenvalue weighted by atomic mass is 9.84. The zero-order valence-corrected chi connectivity index (χ0v) is 14.8. The summed E-state index contributed by atoms with van der Waals surface area (Å²) in [7, 11) is 0. The van der Waals surface area contributed by atoms with Gasteiger partial charge in [0.2, 0.25) is 5.91 Å². The Bertz CT molecular complexity index is 753. The van der Waals surface area contributed by atoms with E-state index in [9.17, 15) is 4.79 Å². The van der Waals surface area contributed by atoms with Crippen molar-refractivity contribution < 1.29 is 9.53 Å². The summed E-state index contributed by atoms with van der Waals surface area (Å²) in [5.41, 5.74) is 3.14. The predicted molar refractivity (Wildman–Crippen MR) is 96.2 cm³/mol. The summed E-state index contributed by atoms with van der Waals surface area (Å²) in [6.07, 6.45) is 3.92. The highest BCUT2D eigenvalue weighted by molar-refractivity contribution is 5.82. The first kappa shape index (κ1) is 16.5. The highest BCUT2D eigenvalue weighted by Gasteiger charge is 2.32. The number of imidazole rings is 1. The van der Waals surface area contributed by atoms with Crippen molar-refractivity contribution in [2.75, 3.05) is 26.3 Å². The van der Waals surface area contributed by atoms with Crippen molar-refractivity contribution in [3.63, 3.8) is 0 Å². The van der Waals surface area contributed by atoms with Gasteiger partial charge < -0.3 is 15.0 Å². The van der Waals surface area contributed by atoms with Crippen LogP contribution < -0.4 is 5.32 Å². The van der Waals surface area contributed by atoms with Crippen LogP contribution in [0.3, 0.4) is 0 Å². The van der Waals surface area contributed by atoms with Crippen LogP contribution >= 0.6 is 0 Å². The molecule has 0 unspecified atom stereocenters. The highest BCUT2D eigenvalue weighted by Crippen LogP contribution is 2.28. The van der Waals surface area contributed by atoms with Gasteiger partial charge in [-0.25, -0.2) is 4.98 Å². The van der Waals surface area contributed by atoms with E-state index in [2.05, 4.69) is 33.2 Å². The number of nitrogens with zero attached hydrogens (tertiary/aromatic N) is 2. The average molecular weight is 342 g/mol. The number of rotatable bonds is 5. The molecule has 25 heavy (non-hydrogen) atoms. The number of nitrogens with one attached hydrogen (secondary N) is 2. The monoisotopic (exact) mass is 342 g/mol. The van der Waals surface area contributed by atoms with Crippen molar-refractivity contribution in [1.29, 1.82) is 0 Å². The number of H-pyrrole nitrogens is 1. The third-order valence-electron chi connectivity index (χ3n) is 5.38. The number of amides is 1. The maximum absolute atomic E-state index is 12.7. The van der Waals surface area contributed by atoms with E-state index < -0.39 is 0 Å². The van der Waals surface area contributed by atoms with Gasteiger partial charge in [-0.05, 0) is 43.4 Å². The Labute approximate surface area is 147 Å². The van der Waals surface area contributed by atoms with Gasteiger partial charge in [0.05, 0.1) is 30.8 Å². The molecule has 6 heteroatoms. The first-order valence-electron chi connectivity index (χ1n) is 9.24. The minimum absolute atomic E-state index is 0.0376. The lowest BCUT2D eigenvalue weighted by Crippen LogP contribution is -2.55. The zero-order chi connectivity index (χ0) is 17.2. The molecule has 6 nitrogen and oxygen atoms in total. The maximum Gasteiger partial charge on any atom is 0.240 e. The van der Waals surface area contributed by atoms with Crippen LogP contribution in [-0.4, -0.2) is 53.1 Å². The van der Waals surface area contributed by atoms with E-state index in [1.807, 2.05) is 12.1 Å². The number of aromatic nitrogens is 2. The van der Waals surface area contributed by atoms with Gasteiger partial charge in [-0.1, -0.05) is 12.5 Å². The topological polar surface area (TPSA) is 70.2 Å². The van der Waals surface area contributed by atoms with Crippen molar-refractivity contribution in [1.82, 2.24) is 20.2 Å². The number of ether oxygens (including phenoxy) is 1. The Kier molecular flexibility index (Phi) is 4.72. The normalized spacial score (nSPS) is 22.0. The molecule has 1 amide bonds. The Morgan fingerprint density at radius 2 is 2.32 bits per heavy atom. The lowest BCUT2D eigenvalue weighted by Gasteiger charge is -2.39. The molecule has 0 radical (unpaired) electrons. The highest BCUT2D eigenvalue weighted by atomic mass is 16.5. The second kappa shape index (κ2) is 7.14. The summed E-state index contributed by atoms with van der Waals surface area (Å²) in [5, 5.41) is 3.03. The molecule has 1 aliphatic carbocycles. The zero-order valence-electron chi connectivity index (χ0n) is 14.8. The predicted octanol–water partition coefficient (Wildman–Crippen LogP) is 1.99. The van der Waals surface area contributed by atoms with Gasteiger partial charge in [0, 0.05) is 13.1 Å². The van der Waals surface area contributed by atoms with Crippen molar-refractivity contribution in [2.45, 2.75) is 38.8 Å². The number of hydrogen-bond acceptors (Lipinski definition) is 4. The van der Waals surface area contributed by atoms with Crippen LogP contribution in [0.4, 0.5) is 0 Å². The number of aryl methyl sites for hydroxylation is 1. The minimum Gasteiger partial charge on any atom is -0.378 e. The Hall–Kier alpha value is -1.92. The van der Waals surface area contributed by atoms with E-state index >= 15 is 0 Å². The van der Waals surface area contributed by atoms with Crippen molar-refractivity contribution in [3.8, 4) is 0 Å². The van der Waals surface area contributed by atoms with E-state index in [1.165, 1.54) is 24.8 Å². The van der Waals surface area contributed by atoms with Crippen LogP contribution in [0.1, 0.15) is 30.7 Å². The molecule has 0 spiro atoms. The number of carbonyl (C=O) groups excluding carboxylic acids is 1. The fraction of sp³-hybridized carbons (Fsp3) is 0.579. The van der Waals surface area contributed by atoms with Gasteiger partial charge in [0.25, 0.3) is 0 Å². The lowest BCUT2D eigenvalue weighted by molar-refractivity contribution is -0.133. The minimum atomic E-state index is -0.180. The van der Waals surface area contributed by atoms with Crippen molar-refractivity contribution in [3.05, 3.63) is 29.6 Å². The van der Waals surface area contributed by atoms with Crippen molar-refractivity contribution >= 4 is 16.9 Å². The number of hydrogen-bond donors (Lipinski definition) is 2. The van der Waals surface area contributed by atoms with Gasteiger partial charge in [-0.3, -0.25) is 9.69 Å². The van der Waals surface area contributed by atoms with Crippen LogP contribution in [0, 0.1) is 12.8 Å². The molecule has 2 aromatic rings. The van der Waals surface area contributed by atoms with E-state index in [0.29, 0.717) is 13.2 Å². The van der Waals surface area contributed by atoms with Crippen LogP contribution in [0.25, 0.3) is 11.0 Å². The molecular formula is C19H26N4O2. The van der Waals surface area contributed by atoms with E-state index in [1.54, 1.807) is 0 Å². The SMILES string of the molecule is Cc1ccc2nc(CNC(=O)[C@H]3COCCN3CC3CCC3)[nH]c2c1. The fourth-order valence-electron chi connectivity index (χ4n) is 3.65. The summed E-state index contributed by atoms with van der Waals surface area (Å²) < 4.78 is 5.55. The number of fused-ring (bicyclic) bond motifs is 1. The molecule has 1 aromatic heterocycles. The van der Waals surface area contributed by atoms with E-state index in [4.69, 9.17) is 4.74 Å². The first-order valence-corrected chi connectivity index (χ1v) is 9.24. The molecular weight excluding hydrogens is 316 g/mol. The molecule has 2 fully saturated rings. The molecule has 1 saturated heterocycles. The largest absolute Gasteiger partial charge is 0.378 e. The second-order valence-electron chi connectivity index (χ2n) is 7.30. The summed E-state index contributed by atoms with van der Waals surface area (Å²) in [4.78, 5) is 22.8. The Morgan fingerprint density at radius 1 is 1.44 bits per heavy atom. The van der Waals surface area contributed by atoms with E-state index in [-0.39, 0.29) is 11.9 Å². The van der Waals surface area contributed by atoms with Gasteiger partial charge in [-0.2, -0.15) is 0 Å². The molecule has 0 bridgehead atoms. The molecule has 2 aliphatic rings. The summed E-state index contributed by atoms with van der Waals surface area (Å²) in [6, 6.07) is 5.94. The van der Waals surface area contributed by atoms with E-state index in [0.717, 1.165) is 42.5 Å². The third kappa shape index (κ3) is 3.70. The Balaban J connectivity index is 1.37. The molecule has 2 heterocycles. The third-order valence-corrected chi connectivity index (χ3v) is 5.38. The van der Waals surface area contributed by atoms with Gasteiger partial charge >= 0.3 is 0 Å². The molecule has 1 aliphatic heterocycles. The molecule has 1 aromatic carbocycles. The van der Waals surface area contributed by atoms with Crippen LogP contribution in [0.5, 0.6) is 0 Å². The average Bonchev–Trinajstić information content (AvgIpc) is 2.98. The molecule has 134 valence electrons. The quantitative estimate of drug-likeness (QED) is 0.872. The molecule has 1 saturated carbocycles. The van der Waals surface area contributed by atoms with Gasteiger partial charge in [0.1, 0.15) is 11.9 Å². The molecule has 1 atom stereocenters. The molecule has 4 rings (SSSR count). The number of morpholine rings is 1. The Morgan fingerprint density at radius 3 is 3.12 bits per heavy atom.